The van der Waals surface area contributed by atoms with Crippen LogP contribution in [0.25, 0.3) is 0 Å². The Morgan fingerprint density at radius 1 is 1.00 bits per heavy atom. The van der Waals surface area contributed by atoms with Crippen molar-refractivity contribution in [3.8, 4) is 0 Å². The number of carbonyl (C=O) groups excluding carboxylic acids is 1. The summed E-state index contributed by atoms with van der Waals surface area (Å²) in [6, 6.07) is 17.4. The zero-order valence-corrected chi connectivity index (χ0v) is 14.7. The second kappa shape index (κ2) is 7.35. The molecule has 3 aromatic rings. The summed E-state index contributed by atoms with van der Waals surface area (Å²) in [6.07, 6.45) is 3.64. The lowest BCUT2D eigenvalue weighted by Crippen LogP contribution is -2.28. The standard InChI is InChI=1S/C22H20F2N2O/c23-18-11-10-16(14-19(18)24)25-22(27)17-8-4-12-26-13-5-9-20(26)21(17)15-6-2-1-3-7-15/h1-3,5-7,9-11,13-14,17,21H,4,8,12H2,(H,25,27)/t17-,21-/m0/s1. The van der Waals surface area contributed by atoms with Gasteiger partial charge >= 0.3 is 0 Å². The lowest BCUT2D eigenvalue weighted by molar-refractivity contribution is -0.120. The van der Waals surface area contributed by atoms with Gasteiger partial charge in [0.2, 0.25) is 5.91 Å². The van der Waals surface area contributed by atoms with Crippen LogP contribution in [0.5, 0.6) is 0 Å². The number of hydrogen-bond acceptors (Lipinski definition) is 1. The molecule has 2 atom stereocenters. The second-order valence-corrected chi connectivity index (χ2v) is 6.88. The van der Waals surface area contributed by atoms with Crippen LogP contribution in [0.1, 0.15) is 30.0 Å². The number of fused-ring (bicyclic) bond motifs is 1. The van der Waals surface area contributed by atoms with Crippen LogP contribution < -0.4 is 5.32 Å². The maximum atomic E-state index is 13.5. The number of anilines is 1. The van der Waals surface area contributed by atoms with Crippen LogP contribution in [0.2, 0.25) is 0 Å². The van der Waals surface area contributed by atoms with Crippen molar-refractivity contribution in [3.05, 3.63) is 89.8 Å². The van der Waals surface area contributed by atoms with Crippen molar-refractivity contribution in [2.75, 3.05) is 5.32 Å². The largest absolute Gasteiger partial charge is 0.351 e. The summed E-state index contributed by atoms with van der Waals surface area (Å²) < 4.78 is 28.9. The van der Waals surface area contributed by atoms with Crippen molar-refractivity contribution >= 4 is 11.6 Å². The van der Waals surface area contributed by atoms with Gasteiger partial charge in [0.1, 0.15) is 0 Å². The van der Waals surface area contributed by atoms with Gasteiger partial charge in [-0.25, -0.2) is 8.78 Å². The maximum absolute atomic E-state index is 13.5. The molecule has 0 fully saturated rings. The molecule has 0 radical (unpaired) electrons. The number of benzene rings is 2. The fraction of sp³-hybridized carbons (Fsp3) is 0.227. The van der Waals surface area contributed by atoms with Gasteiger partial charge in [-0.05, 0) is 42.7 Å². The summed E-state index contributed by atoms with van der Waals surface area (Å²) in [6.45, 7) is 0.862. The molecule has 0 spiro atoms. The number of rotatable bonds is 3. The van der Waals surface area contributed by atoms with Crippen LogP contribution in [0.3, 0.4) is 0 Å². The molecular formula is C22H20F2N2O. The predicted molar refractivity (Wildman–Crippen MR) is 100 cm³/mol. The summed E-state index contributed by atoms with van der Waals surface area (Å²) in [5.74, 6) is -2.46. The number of hydrogen-bond donors (Lipinski definition) is 1. The Balaban J connectivity index is 1.68. The Labute approximate surface area is 156 Å². The van der Waals surface area contributed by atoms with Crippen LogP contribution in [0.4, 0.5) is 14.5 Å². The maximum Gasteiger partial charge on any atom is 0.228 e. The number of aryl methyl sites for hydroxylation is 1. The average molecular weight is 366 g/mol. The summed E-state index contributed by atoms with van der Waals surface area (Å²) in [7, 11) is 0. The van der Waals surface area contributed by atoms with Gasteiger partial charge in [0.25, 0.3) is 0 Å². The summed E-state index contributed by atoms with van der Waals surface area (Å²) >= 11 is 0. The summed E-state index contributed by atoms with van der Waals surface area (Å²) in [5.41, 5.74) is 2.44. The molecule has 0 saturated heterocycles. The van der Waals surface area contributed by atoms with Crippen LogP contribution in [-0.2, 0) is 11.3 Å². The number of aromatic nitrogens is 1. The van der Waals surface area contributed by atoms with E-state index in [2.05, 4.69) is 16.0 Å². The molecule has 27 heavy (non-hydrogen) atoms. The number of halogens is 2. The van der Waals surface area contributed by atoms with E-state index >= 15 is 0 Å². The van der Waals surface area contributed by atoms with Gasteiger partial charge in [-0.15, -0.1) is 0 Å². The SMILES string of the molecule is O=C(Nc1ccc(F)c(F)c1)[C@H]1CCCn2cccc2[C@H]1c1ccccc1. The first-order valence-corrected chi connectivity index (χ1v) is 9.09. The van der Waals surface area contributed by atoms with E-state index in [4.69, 9.17) is 0 Å². The van der Waals surface area contributed by atoms with Crippen molar-refractivity contribution < 1.29 is 13.6 Å². The number of carbonyl (C=O) groups is 1. The minimum Gasteiger partial charge on any atom is -0.351 e. The third kappa shape index (κ3) is 3.50. The number of nitrogens with zero attached hydrogens (tertiary/aromatic N) is 1. The average Bonchev–Trinajstić information content (AvgIpc) is 3.05. The quantitative estimate of drug-likeness (QED) is 0.699. The first-order valence-electron chi connectivity index (χ1n) is 9.09. The molecule has 1 aliphatic rings. The van der Waals surface area contributed by atoms with E-state index in [-0.39, 0.29) is 23.4 Å². The zero-order valence-electron chi connectivity index (χ0n) is 14.7. The van der Waals surface area contributed by atoms with Crippen molar-refractivity contribution in [2.45, 2.75) is 25.3 Å². The fourth-order valence-electron chi connectivity index (χ4n) is 3.92. The fourth-order valence-corrected chi connectivity index (χ4v) is 3.92. The Hall–Kier alpha value is -2.95. The normalized spacial score (nSPS) is 19.2. The Morgan fingerprint density at radius 3 is 2.59 bits per heavy atom. The lowest BCUT2D eigenvalue weighted by atomic mass is 9.81. The molecule has 1 amide bonds. The minimum absolute atomic E-state index is 0.0889. The Kier molecular flexibility index (Phi) is 4.75. The van der Waals surface area contributed by atoms with Crippen molar-refractivity contribution in [1.29, 1.82) is 0 Å². The van der Waals surface area contributed by atoms with Gasteiger partial charge in [-0.2, -0.15) is 0 Å². The van der Waals surface area contributed by atoms with Crippen LogP contribution in [0.15, 0.2) is 66.9 Å². The second-order valence-electron chi connectivity index (χ2n) is 6.88. The molecule has 1 aliphatic heterocycles. The van der Waals surface area contributed by atoms with Gasteiger partial charge in [0.15, 0.2) is 11.6 Å². The Bertz CT molecular complexity index is 952. The highest BCUT2D eigenvalue weighted by Crippen LogP contribution is 2.38. The van der Waals surface area contributed by atoms with E-state index in [1.807, 2.05) is 42.6 Å². The molecular weight excluding hydrogens is 346 g/mol. The molecule has 0 saturated carbocycles. The summed E-state index contributed by atoms with van der Waals surface area (Å²) in [5, 5.41) is 2.78. The van der Waals surface area contributed by atoms with Gasteiger partial charge in [0, 0.05) is 36.1 Å². The molecule has 4 rings (SSSR count). The molecule has 138 valence electrons. The van der Waals surface area contributed by atoms with E-state index in [0.29, 0.717) is 0 Å². The minimum atomic E-state index is -0.970. The predicted octanol–water partition coefficient (Wildman–Crippen LogP) is 4.95. The van der Waals surface area contributed by atoms with E-state index in [1.54, 1.807) is 0 Å². The third-order valence-electron chi connectivity index (χ3n) is 5.18. The molecule has 2 aromatic carbocycles. The highest BCUT2D eigenvalue weighted by atomic mass is 19.2. The molecule has 2 heterocycles. The molecule has 1 aromatic heterocycles. The zero-order chi connectivity index (χ0) is 18.8. The number of amides is 1. The van der Waals surface area contributed by atoms with Crippen molar-refractivity contribution in [2.24, 2.45) is 5.92 Å². The van der Waals surface area contributed by atoms with Gasteiger partial charge in [-0.1, -0.05) is 30.3 Å². The highest BCUT2D eigenvalue weighted by molar-refractivity contribution is 5.93. The Morgan fingerprint density at radius 2 is 1.81 bits per heavy atom. The van der Waals surface area contributed by atoms with Gasteiger partial charge < -0.3 is 9.88 Å². The number of nitrogens with one attached hydrogen (secondary N) is 1. The molecule has 0 aliphatic carbocycles. The van der Waals surface area contributed by atoms with E-state index < -0.39 is 11.6 Å². The smallest absolute Gasteiger partial charge is 0.228 e. The molecule has 0 bridgehead atoms. The van der Waals surface area contributed by atoms with E-state index in [9.17, 15) is 13.6 Å². The topological polar surface area (TPSA) is 34.0 Å². The van der Waals surface area contributed by atoms with Crippen LogP contribution >= 0.6 is 0 Å². The van der Waals surface area contributed by atoms with Gasteiger partial charge in [-0.3, -0.25) is 4.79 Å². The van der Waals surface area contributed by atoms with E-state index in [0.717, 1.165) is 42.8 Å². The van der Waals surface area contributed by atoms with E-state index in [1.165, 1.54) is 6.07 Å². The molecule has 1 N–H and O–H groups in total. The third-order valence-corrected chi connectivity index (χ3v) is 5.18. The summed E-state index contributed by atoms with van der Waals surface area (Å²) in [4.78, 5) is 13.1. The van der Waals surface area contributed by atoms with Crippen molar-refractivity contribution in [1.82, 2.24) is 4.57 Å². The van der Waals surface area contributed by atoms with Crippen LogP contribution in [-0.4, -0.2) is 10.5 Å². The molecule has 0 unspecified atom stereocenters. The highest BCUT2D eigenvalue weighted by Gasteiger charge is 2.34. The van der Waals surface area contributed by atoms with Gasteiger partial charge in [0.05, 0.1) is 5.92 Å². The van der Waals surface area contributed by atoms with Crippen molar-refractivity contribution in [3.63, 3.8) is 0 Å². The first-order chi connectivity index (χ1) is 13.1. The monoisotopic (exact) mass is 366 g/mol. The molecule has 5 heteroatoms. The van der Waals surface area contributed by atoms with Crippen LogP contribution in [0, 0.1) is 17.6 Å². The first kappa shape index (κ1) is 17.5. The molecule has 3 nitrogen and oxygen atoms in total. The lowest BCUT2D eigenvalue weighted by Gasteiger charge is -2.25.